The molecule has 0 fully saturated rings. The summed E-state index contributed by atoms with van der Waals surface area (Å²) in [5, 5.41) is 0.198. The maximum atomic E-state index is 12.9. The first-order chi connectivity index (χ1) is 12.2. The average molecular weight is 362 g/mol. The van der Waals surface area contributed by atoms with Crippen molar-refractivity contribution in [1.82, 2.24) is 9.97 Å². The molecule has 2 aromatic heterocycles. The fraction of sp³-hybridized carbons (Fsp3) is 0.167. The van der Waals surface area contributed by atoms with Crippen LogP contribution in [0.3, 0.4) is 0 Å². The van der Waals surface area contributed by atoms with E-state index >= 15 is 0 Å². The van der Waals surface area contributed by atoms with Gasteiger partial charge in [-0.3, -0.25) is 14.6 Å². The van der Waals surface area contributed by atoms with E-state index < -0.39 is 23.5 Å². The first kappa shape index (κ1) is 17.7. The summed E-state index contributed by atoms with van der Waals surface area (Å²) in [7, 11) is 0. The molecule has 5 nitrogen and oxygen atoms in total. The van der Waals surface area contributed by atoms with Crippen LogP contribution in [0.2, 0.25) is 0 Å². The first-order valence-corrected chi connectivity index (χ1v) is 7.55. The van der Waals surface area contributed by atoms with Crippen molar-refractivity contribution in [2.45, 2.75) is 20.0 Å². The number of esters is 1. The van der Waals surface area contributed by atoms with E-state index in [-0.39, 0.29) is 28.0 Å². The van der Waals surface area contributed by atoms with Gasteiger partial charge in [-0.05, 0) is 42.8 Å². The van der Waals surface area contributed by atoms with Crippen molar-refractivity contribution in [2.75, 3.05) is 0 Å². The van der Waals surface area contributed by atoms with Gasteiger partial charge >= 0.3 is 12.1 Å². The molecule has 134 valence electrons. The molecule has 0 amide bonds. The summed E-state index contributed by atoms with van der Waals surface area (Å²) in [6.45, 7) is 2.91. The largest absolute Gasteiger partial charge is 0.424 e. The molecule has 0 saturated heterocycles. The number of nitrogens with zero attached hydrogens (tertiary/aromatic N) is 1. The molecule has 0 radical (unpaired) electrons. The summed E-state index contributed by atoms with van der Waals surface area (Å²) >= 11 is 0. The van der Waals surface area contributed by atoms with Crippen LogP contribution in [0.4, 0.5) is 13.2 Å². The number of benzene rings is 1. The molecule has 3 rings (SSSR count). The highest BCUT2D eigenvalue weighted by Crippen LogP contribution is 2.36. The normalized spacial score (nSPS) is 11.6. The molecule has 0 atom stereocenters. The van der Waals surface area contributed by atoms with Gasteiger partial charge in [0.2, 0.25) is 5.78 Å². The third-order valence-electron chi connectivity index (χ3n) is 3.70. The Kier molecular flexibility index (Phi) is 4.27. The number of halogens is 3. The molecule has 26 heavy (non-hydrogen) atoms. The Morgan fingerprint density at radius 1 is 1.15 bits per heavy atom. The van der Waals surface area contributed by atoms with E-state index in [1.807, 2.05) is 0 Å². The number of pyridine rings is 1. The summed E-state index contributed by atoms with van der Waals surface area (Å²) in [4.78, 5) is 30.8. The van der Waals surface area contributed by atoms with E-state index in [1.54, 1.807) is 13.0 Å². The van der Waals surface area contributed by atoms with Gasteiger partial charge in [-0.2, -0.15) is 13.2 Å². The second-order valence-electron chi connectivity index (χ2n) is 5.73. The lowest BCUT2D eigenvalue weighted by Gasteiger charge is -2.06. The van der Waals surface area contributed by atoms with Crippen LogP contribution in [-0.2, 0) is 11.0 Å². The number of hydrogen-bond acceptors (Lipinski definition) is 4. The molecule has 0 unspecified atom stereocenters. The number of carbonyl (C=O) groups excluding carboxylic acids is 2. The van der Waals surface area contributed by atoms with Crippen molar-refractivity contribution in [1.29, 1.82) is 0 Å². The van der Waals surface area contributed by atoms with E-state index in [2.05, 4.69) is 9.97 Å². The van der Waals surface area contributed by atoms with Gasteiger partial charge < -0.3 is 9.72 Å². The van der Waals surface area contributed by atoms with Crippen LogP contribution in [0.15, 0.2) is 36.5 Å². The summed E-state index contributed by atoms with van der Waals surface area (Å²) in [5.41, 5.74) is -0.109. The van der Waals surface area contributed by atoms with Crippen LogP contribution in [0, 0.1) is 6.92 Å². The maximum absolute atomic E-state index is 12.9. The number of H-pyrrole nitrogens is 1. The average Bonchev–Trinajstić information content (AvgIpc) is 2.90. The summed E-state index contributed by atoms with van der Waals surface area (Å²) < 4.78 is 43.9. The van der Waals surface area contributed by atoms with Crippen molar-refractivity contribution in [3.63, 3.8) is 0 Å². The maximum Gasteiger partial charge on any atom is 0.416 e. The topological polar surface area (TPSA) is 72.1 Å². The second kappa shape index (κ2) is 6.29. The Labute approximate surface area is 145 Å². The van der Waals surface area contributed by atoms with Crippen LogP contribution in [0.1, 0.15) is 34.2 Å². The van der Waals surface area contributed by atoms with Gasteiger partial charge in [0.25, 0.3) is 0 Å². The Morgan fingerprint density at radius 3 is 2.50 bits per heavy atom. The van der Waals surface area contributed by atoms with Crippen LogP contribution in [-0.4, -0.2) is 21.7 Å². The monoisotopic (exact) mass is 362 g/mol. The Balaban J connectivity index is 2.19. The number of fused-ring (bicyclic) bond motifs is 1. The van der Waals surface area contributed by atoms with Gasteiger partial charge in [0.05, 0.1) is 11.1 Å². The molecule has 1 aromatic carbocycles. The summed E-state index contributed by atoms with van der Waals surface area (Å²) in [5.74, 6) is -1.40. The van der Waals surface area contributed by atoms with Crippen LogP contribution in [0.5, 0.6) is 5.75 Å². The molecule has 0 spiro atoms. The zero-order valence-electron chi connectivity index (χ0n) is 13.8. The van der Waals surface area contributed by atoms with E-state index in [4.69, 9.17) is 4.74 Å². The molecule has 0 aliphatic heterocycles. The first-order valence-electron chi connectivity index (χ1n) is 7.55. The molecule has 0 aliphatic rings. The van der Waals surface area contributed by atoms with E-state index in [0.29, 0.717) is 0 Å². The number of aromatic amines is 1. The van der Waals surface area contributed by atoms with Gasteiger partial charge in [0, 0.05) is 18.5 Å². The summed E-state index contributed by atoms with van der Waals surface area (Å²) in [6, 6.07) is 6.12. The fourth-order valence-corrected chi connectivity index (χ4v) is 2.55. The molecule has 3 aromatic rings. The number of nitrogens with one attached hydrogen (secondary N) is 1. The minimum atomic E-state index is -4.54. The van der Waals surface area contributed by atoms with Gasteiger partial charge in [-0.1, -0.05) is 0 Å². The van der Waals surface area contributed by atoms with E-state index in [1.165, 1.54) is 12.3 Å². The lowest BCUT2D eigenvalue weighted by molar-refractivity contribution is -0.137. The number of alkyl halides is 3. The van der Waals surface area contributed by atoms with Crippen molar-refractivity contribution in [2.24, 2.45) is 0 Å². The van der Waals surface area contributed by atoms with Gasteiger partial charge in [0.15, 0.2) is 5.75 Å². The van der Waals surface area contributed by atoms with Crippen LogP contribution >= 0.6 is 0 Å². The predicted octanol–water partition coefficient (Wildman–Crippen LogP) is 4.05. The van der Waals surface area contributed by atoms with Gasteiger partial charge in [-0.25, -0.2) is 0 Å². The van der Waals surface area contributed by atoms with E-state index in [9.17, 15) is 22.8 Å². The third-order valence-corrected chi connectivity index (χ3v) is 3.70. The quantitative estimate of drug-likeness (QED) is 0.564. The second-order valence-corrected chi connectivity index (χ2v) is 5.73. The van der Waals surface area contributed by atoms with Crippen molar-refractivity contribution in [3.8, 4) is 5.75 Å². The minimum Gasteiger partial charge on any atom is -0.424 e. The Bertz CT molecular complexity index is 1020. The lowest BCUT2D eigenvalue weighted by Crippen LogP contribution is -2.09. The zero-order chi connectivity index (χ0) is 19.1. The highest BCUT2D eigenvalue weighted by molar-refractivity contribution is 6.12. The molecule has 8 heteroatoms. The number of rotatable bonds is 3. The van der Waals surface area contributed by atoms with Crippen LogP contribution in [0.25, 0.3) is 10.9 Å². The zero-order valence-corrected chi connectivity index (χ0v) is 13.8. The molecular formula is C18H13F3N2O3. The number of hydrogen-bond donors (Lipinski definition) is 1. The predicted molar refractivity (Wildman–Crippen MR) is 87.0 cm³/mol. The Morgan fingerprint density at radius 2 is 1.88 bits per heavy atom. The fourth-order valence-electron chi connectivity index (χ4n) is 2.55. The third kappa shape index (κ3) is 3.30. The van der Waals surface area contributed by atoms with Crippen molar-refractivity contribution < 1.29 is 27.5 Å². The smallest absolute Gasteiger partial charge is 0.416 e. The van der Waals surface area contributed by atoms with E-state index in [0.717, 1.165) is 30.7 Å². The van der Waals surface area contributed by atoms with Crippen molar-refractivity contribution >= 4 is 22.7 Å². The number of ether oxygens (including phenoxy) is 1. The SMILES string of the molecule is CC(=O)Oc1c(C(=O)c2cc(C)ccn2)[nH]c2cc(C(F)(F)F)ccc12. The molecule has 0 bridgehead atoms. The molecule has 2 heterocycles. The molecule has 0 saturated carbocycles. The lowest BCUT2D eigenvalue weighted by atomic mass is 10.1. The van der Waals surface area contributed by atoms with Crippen LogP contribution < -0.4 is 4.74 Å². The number of aromatic nitrogens is 2. The number of carbonyl (C=O) groups is 2. The number of ketones is 1. The van der Waals surface area contributed by atoms with Gasteiger partial charge in [0.1, 0.15) is 11.4 Å². The molecule has 0 aliphatic carbocycles. The Hall–Kier alpha value is -3.16. The minimum absolute atomic E-state index is 0.0343. The highest BCUT2D eigenvalue weighted by Gasteiger charge is 2.32. The van der Waals surface area contributed by atoms with Crippen molar-refractivity contribution in [3.05, 3.63) is 59.0 Å². The molecular weight excluding hydrogens is 349 g/mol. The standard InChI is InChI=1S/C18H13F3N2O3/c1-9-5-6-22-14(7-9)16(25)15-17(26-10(2)24)12-4-3-11(18(19,20)21)8-13(12)23-15/h3-8,23H,1-2H3. The molecule has 1 N–H and O–H groups in total. The number of aryl methyl sites for hydroxylation is 1. The summed E-state index contributed by atoms with van der Waals surface area (Å²) in [6.07, 6.45) is -3.10. The van der Waals surface area contributed by atoms with Gasteiger partial charge in [-0.15, -0.1) is 0 Å². The highest BCUT2D eigenvalue weighted by atomic mass is 19.4.